The van der Waals surface area contributed by atoms with Crippen LogP contribution in [0.1, 0.15) is 39.3 Å². The fourth-order valence-electron chi connectivity index (χ4n) is 3.95. The van der Waals surface area contributed by atoms with Crippen molar-refractivity contribution in [1.82, 2.24) is 20.5 Å². The van der Waals surface area contributed by atoms with Crippen LogP contribution in [0.15, 0.2) is 65.5 Å². The minimum absolute atomic E-state index is 0.0607. The summed E-state index contributed by atoms with van der Waals surface area (Å²) in [6, 6.07) is 14.1. The molecule has 0 fully saturated rings. The minimum Gasteiger partial charge on any atom is -0.491 e. The van der Waals surface area contributed by atoms with Gasteiger partial charge in [0, 0.05) is 18.1 Å². The number of carbonyl (C=O) groups excluding carboxylic acids is 3. The van der Waals surface area contributed by atoms with Crippen molar-refractivity contribution in [3.05, 3.63) is 83.0 Å². The molecule has 1 atom stereocenters. The summed E-state index contributed by atoms with van der Waals surface area (Å²) in [7, 11) is 0. The first-order valence-corrected chi connectivity index (χ1v) is 12.1. The molecule has 0 unspecified atom stereocenters. The number of hydrogen-bond donors (Lipinski definition) is 2. The van der Waals surface area contributed by atoms with Crippen LogP contribution in [0.5, 0.6) is 5.75 Å². The van der Waals surface area contributed by atoms with E-state index in [0.717, 1.165) is 5.56 Å². The number of rotatable bonds is 3. The van der Waals surface area contributed by atoms with E-state index in [4.69, 9.17) is 20.8 Å². The Morgan fingerprint density at radius 2 is 1.97 bits per heavy atom. The summed E-state index contributed by atoms with van der Waals surface area (Å²) >= 11 is 6.14. The van der Waals surface area contributed by atoms with Gasteiger partial charge < -0.3 is 24.7 Å². The first kappa shape index (κ1) is 25.2. The van der Waals surface area contributed by atoms with E-state index in [1.54, 1.807) is 18.2 Å². The van der Waals surface area contributed by atoms with E-state index in [2.05, 4.69) is 15.6 Å². The molecule has 188 valence electrons. The highest BCUT2D eigenvalue weighted by molar-refractivity contribution is 6.31. The van der Waals surface area contributed by atoms with Crippen LogP contribution in [0.3, 0.4) is 0 Å². The molecule has 4 rings (SSSR count). The van der Waals surface area contributed by atoms with Crippen LogP contribution in [-0.4, -0.2) is 59.9 Å². The number of hydrogen-bond acceptors (Lipinski definition) is 6. The molecule has 9 nitrogen and oxygen atoms in total. The third-order valence-corrected chi connectivity index (χ3v) is 5.96. The maximum atomic E-state index is 13.1. The van der Waals surface area contributed by atoms with Crippen molar-refractivity contribution in [2.75, 3.05) is 26.2 Å². The lowest BCUT2D eigenvalue weighted by molar-refractivity contribution is -0.122. The van der Waals surface area contributed by atoms with Gasteiger partial charge in [0.2, 0.25) is 11.7 Å². The van der Waals surface area contributed by atoms with Gasteiger partial charge >= 0.3 is 0 Å². The van der Waals surface area contributed by atoms with Crippen molar-refractivity contribution in [3.63, 3.8) is 0 Å². The van der Waals surface area contributed by atoms with Crippen molar-refractivity contribution in [3.8, 4) is 5.75 Å². The Morgan fingerprint density at radius 3 is 2.75 bits per heavy atom. The maximum absolute atomic E-state index is 13.1. The molecular weight excluding hydrogens is 484 g/mol. The molecule has 10 heteroatoms. The maximum Gasteiger partial charge on any atom is 0.291 e. The second kappa shape index (κ2) is 12.2. The number of aromatic nitrogens is 1. The van der Waals surface area contributed by atoms with Crippen LogP contribution in [0, 0.1) is 0 Å². The number of benzene rings is 2. The van der Waals surface area contributed by atoms with Gasteiger partial charge in [-0.2, -0.15) is 0 Å². The molecule has 1 aliphatic heterocycles. The minimum atomic E-state index is -0.422. The van der Waals surface area contributed by atoms with Crippen LogP contribution in [-0.2, 0) is 11.2 Å². The van der Waals surface area contributed by atoms with Gasteiger partial charge in [0.15, 0.2) is 6.39 Å². The summed E-state index contributed by atoms with van der Waals surface area (Å²) in [4.78, 5) is 44.0. The average Bonchev–Trinajstić information content (AvgIpc) is 3.41. The highest BCUT2D eigenvalue weighted by Gasteiger charge is 2.24. The normalized spacial score (nSPS) is 17.6. The average molecular weight is 511 g/mol. The Kier molecular flexibility index (Phi) is 8.57. The van der Waals surface area contributed by atoms with Crippen molar-refractivity contribution >= 4 is 29.3 Å². The molecule has 0 spiro atoms. The zero-order chi connectivity index (χ0) is 25.3. The molecule has 0 radical (unpaired) electrons. The third-order valence-electron chi connectivity index (χ3n) is 5.72. The number of ether oxygens (including phenoxy) is 1. The molecule has 2 N–H and O–H groups in total. The smallest absolute Gasteiger partial charge is 0.291 e. The topological polar surface area (TPSA) is 114 Å². The van der Waals surface area contributed by atoms with Gasteiger partial charge in [-0.05, 0) is 43.0 Å². The number of nitrogens with one attached hydrogen (secondary N) is 2. The second-order valence-corrected chi connectivity index (χ2v) is 8.90. The fourth-order valence-corrected chi connectivity index (χ4v) is 4.12. The Balaban J connectivity index is 1.57. The molecule has 0 aliphatic carbocycles. The van der Waals surface area contributed by atoms with Gasteiger partial charge in [0.1, 0.15) is 12.4 Å². The Morgan fingerprint density at radius 1 is 1.14 bits per heavy atom. The van der Waals surface area contributed by atoms with E-state index in [1.807, 2.05) is 30.3 Å². The van der Waals surface area contributed by atoms with Gasteiger partial charge in [-0.25, -0.2) is 4.98 Å². The number of carbonyl (C=O) groups is 3. The number of fused-ring (bicyclic) bond motifs is 1. The monoisotopic (exact) mass is 510 g/mol. The summed E-state index contributed by atoms with van der Waals surface area (Å²) in [5.74, 6) is -0.617. The van der Waals surface area contributed by atoms with E-state index in [-0.39, 0.29) is 30.7 Å². The molecule has 3 amide bonds. The van der Waals surface area contributed by atoms with Crippen molar-refractivity contribution < 1.29 is 23.5 Å². The Labute approximate surface area is 213 Å². The summed E-state index contributed by atoms with van der Waals surface area (Å²) < 4.78 is 11.2. The van der Waals surface area contributed by atoms with E-state index in [0.29, 0.717) is 48.7 Å². The Hall–Kier alpha value is -3.85. The van der Waals surface area contributed by atoms with Gasteiger partial charge in [0.25, 0.3) is 11.8 Å². The molecular formula is C26H27ClN4O5. The molecule has 0 saturated carbocycles. The third kappa shape index (κ3) is 6.85. The first-order valence-electron chi connectivity index (χ1n) is 11.7. The number of amides is 3. The van der Waals surface area contributed by atoms with Gasteiger partial charge in [-0.3, -0.25) is 14.4 Å². The van der Waals surface area contributed by atoms with E-state index in [1.165, 1.54) is 17.5 Å². The second-order valence-electron chi connectivity index (χ2n) is 8.46. The largest absolute Gasteiger partial charge is 0.491 e. The van der Waals surface area contributed by atoms with E-state index in [9.17, 15) is 14.4 Å². The lowest BCUT2D eigenvalue weighted by Crippen LogP contribution is -2.47. The van der Waals surface area contributed by atoms with Crippen LogP contribution < -0.4 is 15.4 Å². The van der Waals surface area contributed by atoms with Crippen LogP contribution in [0.25, 0.3) is 0 Å². The van der Waals surface area contributed by atoms with Crippen molar-refractivity contribution in [2.24, 2.45) is 0 Å². The van der Waals surface area contributed by atoms with Gasteiger partial charge in [-0.1, -0.05) is 41.9 Å². The van der Waals surface area contributed by atoms with Crippen LogP contribution in [0.2, 0.25) is 5.02 Å². The molecule has 36 heavy (non-hydrogen) atoms. The quantitative estimate of drug-likeness (QED) is 0.559. The first-order chi connectivity index (χ1) is 17.5. The standard InChI is InChI=1S/C26H27ClN4O5/c27-19-8-9-22-21(13-19)25(33)29-10-4-5-11-31(26(34)23-14-28-17-36-23)15-24(32)30-20(16-35-22)12-18-6-2-1-3-7-18/h1-3,6-9,13-14,17,20H,4-5,10-12,15-16H2,(H,29,33)(H,30,32)/t20-/m1/s1. The lowest BCUT2D eigenvalue weighted by Gasteiger charge is -2.24. The predicted octanol–water partition coefficient (Wildman–Crippen LogP) is 3.10. The zero-order valence-corrected chi connectivity index (χ0v) is 20.4. The molecule has 2 heterocycles. The van der Waals surface area contributed by atoms with E-state index >= 15 is 0 Å². The predicted molar refractivity (Wildman–Crippen MR) is 133 cm³/mol. The molecule has 3 aromatic rings. The number of halogens is 1. The Bertz CT molecular complexity index is 1190. The summed E-state index contributed by atoms with van der Waals surface area (Å²) in [5, 5.41) is 6.28. The molecule has 0 bridgehead atoms. The summed E-state index contributed by atoms with van der Waals surface area (Å²) in [5.41, 5.74) is 1.33. The molecule has 1 aliphatic rings. The summed E-state index contributed by atoms with van der Waals surface area (Å²) in [6.45, 7) is 0.658. The van der Waals surface area contributed by atoms with Gasteiger partial charge in [-0.15, -0.1) is 0 Å². The van der Waals surface area contributed by atoms with E-state index < -0.39 is 11.9 Å². The van der Waals surface area contributed by atoms with Crippen molar-refractivity contribution in [2.45, 2.75) is 25.3 Å². The highest BCUT2D eigenvalue weighted by atomic mass is 35.5. The number of nitrogens with zero attached hydrogens (tertiary/aromatic N) is 2. The lowest BCUT2D eigenvalue weighted by atomic mass is 10.1. The SMILES string of the molecule is O=C1CN(C(=O)c2cnco2)CCCCNC(=O)c2cc(Cl)ccc2OC[C@@H](Cc2ccccc2)N1. The fraction of sp³-hybridized carbons (Fsp3) is 0.308. The van der Waals surface area contributed by atoms with Crippen LogP contribution >= 0.6 is 11.6 Å². The highest BCUT2D eigenvalue weighted by Crippen LogP contribution is 2.23. The molecule has 0 saturated heterocycles. The van der Waals surface area contributed by atoms with Crippen molar-refractivity contribution in [1.29, 1.82) is 0 Å². The molecule has 2 aromatic carbocycles. The zero-order valence-electron chi connectivity index (χ0n) is 19.6. The van der Waals surface area contributed by atoms with Crippen LogP contribution in [0.4, 0.5) is 0 Å². The summed E-state index contributed by atoms with van der Waals surface area (Å²) in [6.07, 6.45) is 4.16. The molecule has 1 aromatic heterocycles. The number of oxazole rings is 1. The van der Waals surface area contributed by atoms with Gasteiger partial charge in [0.05, 0.1) is 24.3 Å².